The van der Waals surface area contributed by atoms with Gasteiger partial charge in [0.25, 0.3) is 5.91 Å². The second-order valence-electron chi connectivity index (χ2n) is 5.67. The zero-order valence-electron chi connectivity index (χ0n) is 14.3. The summed E-state index contributed by atoms with van der Waals surface area (Å²) in [6, 6.07) is 6.25. The molecule has 1 amide bonds. The molecule has 0 saturated heterocycles. The fraction of sp³-hybridized carbons (Fsp3) is 0.294. The van der Waals surface area contributed by atoms with Gasteiger partial charge in [-0.1, -0.05) is 13.0 Å². The Morgan fingerprint density at radius 1 is 1.19 bits per heavy atom. The molecule has 5 nitrogen and oxygen atoms in total. The van der Waals surface area contributed by atoms with Gasteiger partial charge >= 0.3 is 6.18 Å². The number of benzene rings is 1. The highest BCUT2D eigenvalue weighted by atomic mass is 32.2. The summed E-state index contributed by atoms with van der Waals surface area (Å²) in [6.07, 6.45) is -3.91. The van der Waals surface area contributed by atoms with Crippen LogP contribution < -0.4 is 4.90 Å². The minimum Gasteiger partial charge on any atom is -0.296 e. The standard InChI is InChI=1S/C17H17F3N2O3S/c1-4-26(24,25)14-9-11(2)5-7-13(14)16(23)22(3)15-8-6-12(10-21-15)17(18,19)20/h5-10H,4H2,1-3H3. The van der Waals surface area contributed by atoms with Gasteiger partial charge in [-0.3, -0.25) is 9.69 Å². The molecule has 2 rings (SSSR count). The average Bonchev–Trinajstić information content (AvgIpc) is 2.59. The van der Waals surface area contributed by atoms with Gasteiger partial charge in [-0.05, 0) is 36.8 Å². The van der Waals surface area contributed by atoms with E-state index >= 15 is 0 Å². The Morgan fingerprint density at radius 3 is 2.35 bits per heavy atom. The quantitative estimate of drug-likeness (QED) is 0.807. The molecule has 0 aliphatic carbocycles. The summed E-state index contributed by atoms with van der Waals surface area (Å²) >= 11 is 0. The second kappa shape index (κ2) is 7.06. The summed E-state index contributed by atoms with van der Waals surface area (Å²) in [7, 11) is -2.34. The molecule has 0 bridgehead atoms. The number of aromatic nitrogens is 1. The molecule has 26 heavy (non-hydrogen) atoms. The summed E-state index contributed by atoms with van der Waals surface area (Å²) in [4.78, 5) is 17.3. The lowest BCUT2D eigenvalue weighted by molar-refractivity contribution is -0.137. The van der Waals surface area contributed by atoms with Crippen LogP contribution in [0.15, 0.2) is 41.4 Å². The fourth-order valence-corrected chi connectivity index (χ4v) is 3.42. The number of nitrogens with zero attached hydrogens (tertiary/aromatic N) is 2. The molecular formula is C17H17F3N2O3S. The SMILES string of the molecule is CCS(=O)(=O)c1cc(C)ccc1C(=O)N(C)c1ccc(C(F)(F)F)cn1. The molecule has 1 heterocycles. The lowest BCUT2D eigenvalue weighted by atomic mass is 10.1. The number of alkyl halides is 3. The first kappa shape index (κ1) is 19.9. The van der Waals surface area contributed by atoms with Gasteiger partial charge in [0.15, 0.2) is 9.84 Å². The van der Waals surface area contributed by atoms with Crippen LogP contribution in [0.25, 0.3) is 0 Å². The van der Waals surface area contributed by atoms with Gasteiger partial charge in [0.2, 0.25) is 0 Å². The number of hydrogen-bond donors (Lipinski definition) is 0. The van der Waals surface area contributed by atoms with Crippen LogP contribution >= 0.6 is 0 Å². The summed E-state index contributed by atoms with van der Waals surface area (Å²) < 4.78 is 62.4. The summed E-state index contributed by atoms with van der Waals surface area (Å²) in [5.41, 5.74) is -0.322. The molecule has 0 radical (unpaired) electrons. The van der Waals surface area contributed by atoms with Crippen LogP contribution in [0.5, 0.6) is 0 Å². The van der Waals surface area contributed by atoms with E-state index in [1.54, 1.807) is 13.0 Å². The van der Waals surface area contributed by atoms with E-state index < -0.39 is 27.5 Å². The maximum absolute atomic E-state index is 12.7. The predicted molar refractivity (Wildman–Crippen MR) is 90.9 cm³/mol. The molecule has 0 unspecified atom stereocenters. The monoisotopic (exact) mass is 386 g/mol. The molecule has 1 aromatic carbocycles. The number of carbonyl (C=O) groups excluding carboxylic acids is 1. The first-order valence-electron chi connectivity index (χ1n) is 7.62. The molecule has 0 atom stereocenters. The van der Waals surface area contributed by atoms with Crippen molar-refractivity contribution in [2.75, 3.05) is 17.7 Å². The maximum atomic E-state index is 12.7. The van der Waals surface area contributed by atoms with Crippen molar-refractivity contribution >= 4 is 21.6 Å². The minimum atomic E-state index is -4.53. The highest BCUT2D eigenvalue weighted by Crippen LogP contribution is 2.29. The van der Waals surface area contributed by atoms with Crippen LogP contribution in [0.1, 0.15) is 28.4 Å². The van der Waals surface area contributed by atoms with Gasteiger partial charge in [0, 0.05) is 13.2 Å². The lowest BCUT2D eigenvalue weighted by Gasteiger charge is -2.19. The van der Waals surface area contributed by atoms with E-state index in [2.05, 4.69) is 4.98 Å². The molecule has 0 fully saturated rings. The number of pyridine rings is 1. The van der Waals surface area contributed by atoms with E-state index in [1.807, 2.05) is 0 Å². The number of carbonyl (C=O) groups is 1. The van der Waals surface area contributed by atoms with Crippen molar-refractivity contribution in [2.45, 2.75) is 24.9 Å². The number of hydrogen-bond acceptors (Lipinski definition) is 4. The van der Waals surface area contributed by atoms with Gasteiger partial charge < -0.3 is 0 Å². The maximum Gasteiger partial charge on any atom is 0.417 e. The highest BCUT2D eigenvalue weighted by molar-refractivity contribution is 7.91. The van der Waals surface area contributed by atoms with Gasteiger partial charge in [-0.25, -0.2) is 13.4 Å². The van der Waals surface area contributed by atoms with E-state index in [1.165, 1.54) is 26.1 Å². The van der Waals surface area contributed by atoms with Crippen LogP contribution in [-0.2, 0) is 16.0 Å². The summed E-state index contributed by atoms with van der Waals surface area (Å²) in [5, 5.41) is 0. The van der Waals surface area contributed by atoms with Crippen molar-refractivity contribution in [3.05, 3.63) is 53.2 Å². The zero-order valence-corrected chi connectivity index (χ0v) is 15.1. The Kier molecular flexibility index (Phi) is 5.41. The van der Waals surface area contributed by atoms with Crippen LogP contribution in [-0.4, -0.2) is 32.1 Å². The van der Waals surface area contributed by atoms with Crippen LogP contribution in [0.3, 0.4) is 0 Å². The smallest absolute Gasteiger partial charge is 0.296 e. The molecule has 0 aliphatic heterocycles. The number of sulfone groups is 1. The third-order valence-electron chi connectivity index (χ3n) is 3.81. The van der Waals surface area contributed by atoms with Gasteiger partial charge in [0.05, 0.1) is 21.8 Å². The third-order valence-corrected chi connectivity index (χ3v) is 5.57. The van der Waals surface area contributed by atoms with E-state index in [-0.39, 0.29) is 22.0 Å². The molecule has 0 aliphatic rings. The lowest BCUT2D eigenvalue weighted by Crippen LogP contribution is -2.29. The van der Waals surface area contributed by atoms with Crippen molar-refractivity contribution in [3.8, 4) is 0 Å². The van der Waals surface area contributed by atoms with E-state index in [4.69, 9.17) is 0 Å². The van der Waals surface area contributed by atoms with Crippen molar-refractivity contribution in [2.24, 2.45) is 0 Å². The molecule has 0 saturated carbocycles. The molecular weight excluding hydrogens is 369 g/mol. The van der Waals surface area contributed by atoms with Gasteiger partial charge in [-0.15, -0.1) is 0 Å². The summed E-state index contributed by atoms with van der Waals surface area (Å²) in [6.45, 7) is 3.16. The number of halogens is 3. The molecule has 0 spiro atoms. The molecule has 140 valence electrons. The normalized spacial score (nSPS) is 12.1. The van der Waals surface area contributed by atoms with Crippen LogP contribution in [0, 0.1) is 6.92 Å². The number of aryl methyl sites for hydroxylation is 1. The van der Waals surface area contributed by atoms with Crippen molar-refractivity contribution in [3.63, 3.8) is 0 Å². The van der Waals surface area contributed by atoms with E-state index in [0.29, 0.717) is 11.8 Å². The Morgan fingerprint density at radius 2 is 1.85 bits per heavy atom. The minimum absolute atomic E-state index is 0.0246. The van der Waals surface area contributed by atoms with Crippen molar-refractivity contribution in [1.82, 2.24) is 4.98 Å². The number of anilines is 1. The fourth-order valence-electron chi connectivity index (χ4n) is 2.26. The molecule has 2 aromatic rings. The number of rotatable bonds is 4. The van der Waals surface area contributed by atoms with Crippen LogP contribution in [0.4, 0.5) is 19.0 Å². The Balaban J connectivity index is 2.43. The molecule has 0 N–H and O–H groups in total. The van der Waals surface area contributed by atoms with Gasteiger partial charge in [-0.2, -0.15) is 13.2 Å². The van der Waals surface area contributed by atoms with Crippen molar-refractivity contribution < 1.29 is 26.4 Å². The average molecular weight is 386 g/mol. The molecule has 9 heteroatoms. The Labute approximate surface area is 149 Å². The van der Waals surface area contributed by atoms with Crippen molar-refractivity contribution in [1.29, 1.82) is 0 Å². The number of amides is 1. The third kappa shape index (κ3) is 4.04. The first-order valence-corrected chi connectivity index (χ1v) is 9.27. The largest absolute Gasteiger partial charge is 0.417 e. The van der Waals surface area contributed by atoms with E-state index in [9.17, 15) is 26.4 Å². The Hall–Kier alpha value is -2.42. The Bertz CT molecular complexity index is 923. The zero-order chi connectivity index (χ0) is 19.7. The van der Waals surface area contributed by atoms with Crippen LogP contribution in [0.2, 0.25) is 0 Å². The predicted octanol–water partition coefficient (Wildman–Crippen LogP) is 3.48. The van der Waals surface area contributed by atoms with E-state index in [0.717, 1.165) is 17.0 Å². The van der Waals surface area contributed by atoms with Gasteiger partial charge in [0.1, 0.15) is 5.82 Å². The highest BCUT2D eigenvalue weighted by Gasteiger charge is 2.31. The second-order valence-corrected chi connectivity index (χ2v) is 7.92. The molecule has 1 aromatic heterocycles. The summed E-state index contributed by atoms with van der Waals surface area (Å²) in [5.74, 6) is -0.883. The topological polar surface area (TPSA) is 67.3 Å². The first-order chi connectivity index (χ1) is 12.0.